The number of methoxy groups -OCH3 is 1. The molecule has 2 heteroatoms. The molecule has 0 saturated carbocycles. The van der Waals surface area contributed by atoms with Crippen molar-refractivity contribution in [2.75, 3.05) is 13.7 Å². The summed E-state index contributed by atoms with van der Waals surface area (Å²) >= 11 is 0. The molecule has 0 aromatic heterocycles. The van der Waals surface area contributed by atoms with E-state index in [1.54, 1.807) is 7.11 Å². The lowest BCUT2D eigenvalue weighted by Crippen LogP contribution is -2.27. The van der Waals surface area contributed by atoms with Gasteiger partial charge in [0, 0.05) is 13.7 Å². The SMILES string of the molecule is C[CH]CCCCCCCCC/C=C/CCC(OC)C(C)OCC. The summed E-state index contributed by atoms with van der Waals surface area (Å²) in [6.45, 7) is 7.05. The van der Waals surface area contributed by atoms with Crippen molar-refractivity contribution in [2.45, 2.75) is 104 Å². The van der Waals surface area contributed by atoms with Crippen molar-refractivity contribution in [3.05, 3.63) is 18.6 Å². The van der Waals surface area contributed by atoms with Crippen LogP contribution < -0.4 is 0 Å². The van der Waals surface area contributed by atoms with E-state index in [2.05, 4.69) is 32.4 Å². The van der Waals surface area contributed by atoms with Gasteiger partial charge in [-0.3, -0.25) is 0 Å². The Labute approximate surface area is 146 Å². The maximum absolute atomic E-state index is 5.61. The van der Waals surface area contributed by atoms with Gasteiger partial charge in [0.25, 0.3) is 0 Å². The van der Waals surface area contributed by atoms with Crippen LogP contribution in [-0.2, 0) is 9.47 Å². The van der Waals surface area contributed by atoms with Crippen molar-refractivity contribution in [3.8, 4) is 0 Å². The topological polar surface area (TPSA) is 18.5 Å². The second kappa shape index (κ2) is 18.0. The van der Waals surface area contributed by atoms with E-state index in [1.165, 1.54) is 57.8 Å². The molecule has 0 heterocycles. The van der Waals surface area contributed by atoms with E-state index in [0.29, 0.717) is 0 Å². The van der Waals surface area contributed by atoms with Crippen molar-refractivity contribution in [2.24, 2.45) is 0 Å². The Morgan fingerprint density at radius 1 is 0.826 bits per heavy atom. The summed E-state index contributed by atoms with van der Waals surface area (Å²) < 4.78 is 11.1. The predicted octanol–water partition coefficient (Wildman–Crippen LogP) is 6.50. The van der Waals surface area contributed by atoms with Crippen molar-refractivity contribution in [3.63, 3.8) is 0 Å². The van der Waals surface area contributed by atoms with Gasteiger partial charge in [-0.15, -0.1) is 0 Å². The Balaban J connectivity index is 3.40. The number of rotatable bonds is 17. The molecule has 0 rings (SSSR count). The van der Waals surface area contributed by atoms with Crippen LogP contribution in [0.5, 0.6) is 0 Å². The van der Waals surface area contributed by atoms with E-state index in [4.69, 9.17) is 9.47 Å². The van der Waals surface area contributed by atoms with Crippen molar-refractivity contribution in [1.29, 1.82) is 0 Å². The molecule has 0 spiro atoms. The third-order valence-electron chi connectivity index (χ3n) is 4.40. The molecule has 0 aromatic carbocycles. The Morgan fingerprint density at radius 2 is 1.39 bits per heavy atom. The summed E-state index contributed by atoms with van der Waals surface area (Å²) in [5, 5.41) is 0. The van der Waals surface area contributed by atoms with E-state index in [-0.39, 0.29) is 12.2 Å². The van der Waals surface area contributed by atoms with Gasteiger partial charge >= 0.3 is 0 Å². The number of hydrogen-bond acceptors (Lipinski definition) is 2. The highest BCUT2D eigenvalue weighted by Crippen LogP contribution is 2.12. The van der Waals surface area contributed by atoms with Gasteiger partial charge < -0.3 is 9.47 Å². The standard InChI is InChI=1S/C21H41O2/c1-5-7-8-9-10-11-12-13-14-15-16-17-18-19-21(22-4)20(3)23-6-2/h5,16-17,20-21H,6-15,18-19H2,1-4H3/b17-16+. The largest absolute Gasteiger partial charge is 0.379 e. The molecule has 0 aliphatic rings. The Hall–Kier alpha value is -0.340. The molecule has 0 fully saturated rings. The first kappa shape index (κ1) is 22.7. The molecule has 0 bridgehead atoms. The van der Waals surface area contributed by atoms with Crippen LogP contribution in [0.2, 0.25) is 0 Å². The average Bonchev–Trinajstić information content (AvgIpc) is 2.55. The predicted molar refractivity (Wildman–Crippen MR) is 102 cm³/mol. The normalized spacial score (nSPS) is 14.4. The minimum Gasteiger partial charge on any atom is -0.379 e. The molecule has 1 radical (unpaired) electrons. The van der Waals surface area contributed by atoms with Crippen LogP contribution >= 0.6 is 0 Å². The molecule has 0 amide bonds. The van der Waals surface area contributed by atoms with Crippen LogP contribution in [0.3, 0.4) is 0 Å². The van der Waals surface area contributed by atoms with Gasteiger partial charge in [0.1, 0.15) is 0 Å². The van der Waals surface area contributed by atoms with Crippen LogP contribution in [0, 0.1) is 6.42 Å². The fourth-order valence-electron chi connectivity index (χ4n) is 2.91. The van der Waals surface area contributed by atoms with Gasteiger partial charge in [0.05, 0.1) is 12.2 Å². The lowest BCUT2D eigenvalue weighted by atomic mass is 10.1. The van der Waals surface area contributed by atoms with E-state index in [1.807, 2.05) is 6.92 Å². The summed E-state index contributed by atoms with van der Waals surface area (Å²) in [5.74, 6) is 0. The second-order valence-electron chi connectivity index (χ2n) is 6.44. The first-order chi connectivity index (χ1) is 11.3. The molecule has 2 nitrogen and oxygen atoms in total. The number of allylic oxidation sites excluding steroid dienone is 2. The molecule has 23 heavy (non-hydrogen) atoms. The minimum absolute atomic E-state index is 0.189. The van der Waals surface area contributed by atoms with Crippen molar-refractivity contribution >= 4 is 0 Å². The summed E-state index contributed by atoms with van der Waals surface area (Å²) in [4.78, 5) is 0. The third kappa shape index (κ3) is 15.0. The molecule has 2 unspecified atom stereocenters. The van der Waals surface area contributed by atoms with Gasteiger partial charge in [-0.25, -0.2) is 0 Å². The Bertz CT molecular complexity index is 250. The number of ether oxygens (including phenoxy) is 2. The van der Waals surface area contributed by atoms with Crippen molar-refractivity contribution < 1.29 is 9.47 Å². The van der Waals surface area contributed by atoms with E-state index < -0.39 is 0 Å². The van der Waals surface area contributed by atoms with Gasteiger partial charge in [0.15, 0.2) is 0 Å². The van der Waals surface area contributed by atoms with E-state index >= 15 is 0 Å². The average molecular weight is 326 g/mol. The smallest absolute Gasteiger partial charge is 0.0833 e. The highest BCUT2D eigenvalue weighted by atomic mass is 16.5. The summed E-state index contributed by atoms with van der Waals surface area (Å²) in [7, 11) is 1.78. The Morgan fingerprint density at radius 3 is 1.96 bits per heavy atom. The summed E-state index contributed by atoms with van der Waals surface area (Å²) in [5.41, 5.74) is 0. The van der Waals surface area contributed by atoms with Gasteiger partial charge in [-0.2, -0.15) is 0 Å². The summed E-state index contributed by atoms with van der Waals surface area (Å²) in [6.07, 6.45) is 21.7. The third-order valence-corrected chi connectivity index (χ3v) is 4.40. The highest BCUT2D eigenvalue weighted by molar-refractivity contribution is 4.83. The number of unbranched alkanes of at least 4 members (excludes halogenated alkanes) is 9. The zero-order valence-corrected chi connectivity index (χ0v) is 16.2. The first-order valence-corrected chi connectivity index (χ1v) is 9.83. The maximum atomic E-state index is 5.61. The maximum Gasteiger partial charge on any atom is 0.0833 e. The molecule has 0 N–H and O–H groups in total. The van der Waals surface area contributed by atoms with Crippen LogP contribution in [0.25, 0.3) is 0 Å². The van der Waals surface area contributed by atoms with Crippen molar-refractivity contribution in [1.82, 2.24) is 0 Å². The molecule has 0 saturated heterocycles. The zero-order chi connectivity index (χ0) is 17.2. The monoisotopic (exact) mass is 325 g/mol. The van der Waals surface area contributed by atoms with Gasteiger partial charge in [-0.05, 0) is 46.0 Å². The van der Waals surface area contributed by atoms with Gasteiger partial charge in [0.2, 0.25) is 0 Å². The van der Waals surface area contributed by atoms with Crippen LogP contribution in [0.1, 0.15) is 91.4 Å². The van der Waals surface area contributed by atoms with Crippen LogP contribution in [-0.4, -0.2) is 25.9 Å². The van der Waals surface area contributed by atoms with Crippen LogP contribution in [0.4, 0.5) is 0 Å². The molecule has 0 aromatic rings. The molecule has 0 aliphatic carbocycles. The highest BCUT2D eigenvalue weighted by Gasteiger charge is 2.15. The summed E-state index contributed by atoms with van der Waals surface area (Å²) in [6, 6.07) is 0. The molecule has 137 valence electrons. The first-order valence-electron chi connectivity index (χ1n) is 9.83. The molecular weight excluding hydrogens is 284 g/mol. The van der Waals surface area contributed by atoms with E-state index in [9.17, 15) is 0 Å². The lowest BCUT2D eigenvalue weighted by molar-refractivity contribution is -0.0456. The minimum atomic E-state index is 0.189. The quantitative estimate of drug-likeness (QED) is 0.224. The molecule has 2 atom stereocenters. The fraction of sp³-hybridized carbons (Fsp3) is 0.857. The molecular formula is C21H41O2. The lowest BCUT2D eigenvalue weighted by Gasteiger charge is -2.21. The fourth-order valence-corrected chi connectivity index (χ4v) is 2.91. The number of hydrogen-bond donors (Lipinski definition) is 0. The van der Waals surface area contributed by atoms with Crippen LogP contribution in [0.15, 0.2) is 12.2 Å². The van der Waals surface area contributed by atoms with Gasteiger partial charge in [-0.1, -0.05) is 64.0 Å². The van der Waals surface area contributed by atoms with E-state index in [0.717, 1.165) is 19.4 Å². The molecule has 0 aliphatic heterocycles. The zero-order valence-electron chi connectivity index (χ0n) is 16.2. The Kier molecular flexibility index (Phi) is 17.7. The second-order valence-corrected chi connectivity index (χ2v) is 6.44.